The second kappa shape index (κ2) is 5.90. The average molecular weight is 329 g/mol. The van der Waals surface area contributed by atoms with Crippen LogP contribution in [0.5, 0.6) is 0 Å². The van der Waals surface area contributed by atoms with Crippen LogP contribution in [0.15, 0.2) is 16.6 Å². The van der Waals surface area contributed by atoms with E-state index < -0.39 is 0 Å². The standard InChI is InChI=1S/C14H18BrFN2O/c1-3-18(10-4-5-10)14(19)8-17-13-7-12(16)11(15)6-9(13)2/h6-7,10,17H,3-5,8H2,1-2H3. The molecule has 0 bridgehead atoms. The smallest absolute Gasteiger partial charge is 0.242 e. The molecule has 5 heteroatoms. The largest absolute Gasteiger partial charge is 0.376 e. The average Bonchev–Trinajstić information content (AvgIpc) is 3.17. The zero-order valence-electron chi connectivity index (χ0n) is 11.2. The van der Waals surface area contributed by atoms with Crippen molar-refractivity contribution in [3.8, 4) is 0 Å². The summed E-state index contributed by atoms with van der Waals surface area (Å²) in [7, 11) is 0. The molecule has 3 nitrogen and oxygen atoms in total. The normalized spacial score (nSPS) is 14.3. The van der Waals surface area contributed by atoms with Crippen molar-refractivity contribution in [1.82, 2.24) is 4.90 Å². The van der Waals surface area contributed by atoms with E-state index >= 15 is 0 Å². The highest BCUT2D eigenvalue weighted by Gasteiger charge is 2.30. The van der Waals surface area contributed by atoms with Crippen LogP contribution < -0.4 is 5.32 Å². The van der Waals surface area contributed by atoms with Gasteiger partial charge in [0, 0.05) is 18.3 Å². The van der Waals surface area contributed by atoms with Gasteiger partial charge in [0.1, 0.15) is 5.82 Å². The minimum absolute atomic E-state index is 0.0766. The number of anilines is 1. The van der Waals surface area contributed by atoms with E-state index in [1.54, 1.807) is 6.07 Å². The summed E-state index contributed by atoms with van der Waals surface area (Å²) in [4.78, 5) is 13.9. The lowest BCUT2D eigenvalue weighted by Gasteiger charge is -2.21. The van der Waals surface area contributed by atoms with Crippen molar-refractivity contribution in [2.45, 2.75) is 32.7 Å². The van der Waals surface area contributed by atoms with Crippen molar-refractivity contribution in [2.75, 3.05) is 18.4 Å². The van der Waals surface area contributed by atoms with Gasteiger partial charge in [-0.25, -0.2) is 4.39 Å². The molecular formula is C14H18BrFN2O. The Kier molecular flexibility index (Phi) is 4.45. The van der Waals surface area contributed by atoms with Gasteiger partial charge in [-0.15, -0.1) is 0 Å². The van der Waals surface area contributed by atoms with Crippen molar-refractivity contribution in [2.24, 2.45) is 0 Å². The van der Waals surface area contributed by atoms with Crippen molar-refractivity contribution in [3.63, 3.8) is 0 Å². The van der Waals surface area contributed by atoms with E-state index in [0.717, 1.165) is 24.9 Å². The van der Waals surface area contributed by atoms with Gasteiger partial charge in [0.05, 0.1) is 11.0 Å². The summed E-state index contributed by atoms with van der Waals surface area (Å²) < 4.78 is 13.9. The molecule has 0 spiro atoms. The molecule has 1 amide bonds. The van der Waals surface area contributed by atoms with Crippen LogP contribution in [0.1, 0.15) is 25.3 Å². The van der Waals surface area contributed by atoms with Gasteiger partial charge in [-0.05, 0) is 60.3 Å². The van der Waals surface area contributed by atoms with Gasteiger partial charge in [-0.2, -0.15) is 0 Å². The molecule has 1 aliphatic rings. The quantitative estimate of drug-likeness (QED) is 0.899. The molecule has 0 saturated heterocycles. The van der Waals surface area contributed by atoms with Gasteiger partial charge >= 0.3 is 0 Å². The number of aryl methyl sites for hydroxylation is 1. The molecule has 1 aliphatic carbocycles. The van der Waals surface area contributed by atoms with Crippen LogP contribution in [0, 0.1) is 12.7 Å². The van der Waals surface area contributed by atoms with E-state index in [9.17, 15) is 9.18 Å². The first-order valence-corrected chi connectivity index (χ1v) is 7.31. The van der Waals surface area contributed by atoms with Crippen LogP contribution in [-0.4, -0.2) is 29.9 Å². The number of hydrogen-bond donors (Lipinski definition) is 1. The molecule has 1 fully saturated rings. The third-order valence-electron chi connectivity index (χ3n) is 3.35. The van der Waals surface area contributed by atoms with E-state index in [0.29, 0.717) is 16.2 Å². The fourth-order valence-corrected chi connectivity index (χ4v) is 2.59. The molecule has 0 aromatic heterocycles. The lowest BCUT2D eigenvalue weighted by atomic mass is 10.2. The summed E-state index contributed by atoms with van der Waals surface area (Å²) in [6.07, 6.45) is 2.21. The van der Waals surface area contributed by atoms with Gasteiger partial charge < -0.3 is 10.2 Å². The second-order valence-electron chi connectivity index (χ2n) is 4.85. The molecule has 104 valence electrons. The number of carbonyl (C=O) groups excluding carboxylic acids is 1. The molecular weight excluding hydrogens is 311 g/mol. The van der Waals surface area contributed by atoms with Crippen LogP contribution in [0.4, 0.5) is 10.1 Å². The van der Waals surface area contributed by atoms with Crippen molar-refractivity contribution < 1.29 is 9.18 Å². The van der Waals surface area contributed by atoms with Crippen LogP contribution in [0.25, 0.3) is 0 Å². The number of likely N-dealkylation sites (N-methyl/N-ethyl adjacent to an activating group) is 1. The molecule has 1 N–H and O–H groups in total. The molecule has 0 atom stereocenters. The first-order valence-electron chi connectivity index (χ1n) is 6.52. The summed E-state index contributed by atoms with van der Waals surface area (Å²) >= 11 is 3.14. The van der Waals surface area contributed by atoms with E-state index in [1.807, 2.05) is 18.7 Å². The monoisotopic (exact) mass is 328 g/mol. The van der Waals surface area contributed by atoms with Gasteiger partial charge in [0.25, 0.3) is 0 Å². The Balaban J connectivity index is 1.98. The number of carbonyl (C=O) groups is 1. The summed E-state index contributed by atoms with van der Waals surface area (Å²) in [5, 5.41) is 3.03. The first-order chi connectivity index (χ1) is 9.02. The Bertz CT molecular complexity index is 489. The molecule has 0 unspecified atom stereocenters. The number of nitrogens with zero attached hydrogens (tertiary/aromatic N) is 1. The predicted octanol–water partition coefficient (Wildman–Crippen LogP) is 3.32. The second-order valence-corrected chi connectivity index (χ2v) is 5.70. The fourth-order valence-electron chi connectivity index (χ4n) is 2.13. The number of nitrogens with one attached hydrogen (secondary N) is 1. The number of halogens is 2. The van der Waals surface area contributed by atoms with Crippen LogP contribution in [0.3, 0.4) is 0 Å². The van der Waals surface area contributed by atoms with Crippen molar-refractivity contribution >= 4 is 27.5 Å². The summed E-state index contributed by atoms with van der Waals surface area (Å²) in [6, 6.07) is 3.54. The van der Waals surface area contributed by atoms with Crippen LogP contribution >= 0.6 is 15.9 Å². The van der Waals surface area contributed by atoms with Gasteiger partial charge in [0.2, 0.25) is 5.91 Å². The van der Waals surface area contributed by atoms with Gasteiger partial charge in [-0.1, -0.05) is 0 Å². The minimum atomic E-state index is -0.324. The summed E-state index contributed by atoms with van der Waals surface area (Å²) in [5.74, 6) is -0.247. The molecule has 1 saturated carbocycles. The lowest BCUT2D eigenvalue weighted by Crippen LogP contribution is -2.37. The summed E-state index contributed by atoms with van der Waals surface area (Å²) in [5.41, 5.74) is 1.58. The Hall–Kier alpha value is -1.10. The first kappa shape index (κ1) is 14.3. The molecule has 19 heavy (non-hydrogen) atoms. The number of hydrogen-bond acceptors (Lipinski definition) is 2. The van der Waals surface area contributed by atoms with E-state index in [-0.39, 0.29) is 18.3 Å². The molecule has 0 radical (unpaired) electrons. The molecule has 1 aromatic carbocycles. The minimum Gasteiger partial charge on any atom is -0.376 e. The number of benzene rings is 1. The zero-order valence-corrected chi connectivity index (χ0v) is 12.8. The SMILES string of the molecule is CCN(C(=O)CNc1cc(F)c(Br)cc1C)C1CC1. The van der Waals surface area contributed by atoms with Crippen molar-refractivity contribution in [3.05, 3.63) is 28.0 Å². The Morgan fingerprint density at radius 3 is 2.79 bits per heavy atom. The third kappa shape index (κ3) is 3.47. The van der Waals surface area contributed by atoms with Gasteiger partial charge in [-0.3, -0.25) is 4.79 Å². The van der Waals surface area contributed by atoms with Gasteiger partial charge in [0.15, 0.2) is 0 Å². The maximum Gasteiger partial charge on any atom is 0.242 e. The summed E-state index contributed by atoms with van der Waals surface area (Å²) in [6.45, 7) is 4.82. The fraction of sp³-hybridized carbons (Fsp3) is 0.500. The topological polar surface area (TPSA) is 32.3 Å². The van der Waals surface area contributed by atoms with Crippen molar-refractivity contribution in [1.29, 1.82) is 0 Å². The van der Waals surface area contributed by atoms with Crippen LogP contribution in [0.2, 0.25) is 0 Å². The van der Waals surface area contributed by atoms with E-state index in [2.05, 4.69) is 21.2 Å². The Morgan fingerprint density at radius 1 is 1.53 bits per heavy atom. The maximum atomic E-state index is 13.5. The number of rotatable bonds is 5. The molecule has 1 aromatic rings. The maximum absolute atomic E-state index is 13.5. The molecule has 0 heterocycles. The van der Waals surface area contributed by atoms with Crippen LogP contribution in [-0.2, 0) is 4.79 Å². The number of amides is 1. The van der Waals surface area contributed by atoms with E-state index in [1.165, 1.54) is 6.07 Å². The van der Waals surface area contributed by atoms with E-state index in [4.69, 9.17) is 0 Å². The lowest BCUT2D eigenvalue weighted by molar-refractivity contribution is -0.129. The molecule has 2 rings (SSSR count). The zero-order chi connectivity index (χ0) is 14.0. The highest BCUT2D eigenvalue weighted by molar-refractivity contribution is 9.10. The predicted molar refractivity (Wildman–Crippen MR) is 77.7 cm³/mol. The highest BCUT2D eigenvalue weighted by Crippen LogP contribution is 2.27. The Labute approximate surface area is 121 Å². The highest BCUT2D eigenvalue weighted by atomic mass is 79.9. The molecule has 0 aliphatic heterocycles. The Morgan fingerprint density at radius 2 is 2.21 bits per heavy atom. The third-order valence-corrected chi connectivity index (χ3v) is 3.95.